The van der Waals surface area contributed by atoms with Gasteiger partial charge in [-0.2, -0.15) is 5.26 Å². The Balaban J connectivity index is 0.00000243. The van der Waals surface area contributed by atoms with Gasteiger partial charge in [0.1, 0.15) is 11.9 Å². The summed E-state index contributed by atoms with van der Waals surface area (Å²) >= 11 is 0. The van der Waals surface area contributed by atoms with E-state index in [9.17, 15) is 4.39 Å². The quantitative estimate of drug-likeness (QED) is 0.666. The molecule has 1 atom stereocenters. The van der Waals surface area contributed by atoms with Gasteiger partial charge in [-0.25, -0.2) is 4.39 Å². The average molecular weight is 365 g/mol. The first-order valence-corrected chi connectivity index (χ1v) is 8.08. The first kappa shape index (κ1) is 19.5. The van der Waals surface area contributed by atoms with E-state index < -0.39 is 5.82 Å². The molecule has 130 valence electrons. The molecule has 1 N–H and O–H groups in total. The number of rotatable bonds is 3. The maximum atomic E-state index is 13.3. The lowest BCUT2D eigenvalue weighted by molar-refractivity contribution is 0.623. The molecule has 0 aliphatic heterocycles. The fourth-order valence-electron chi connectivity index (χ4n) is 2.78. The van der Waals surface area contributed by atoms with Crippen molar-refractivity contribution in [3.8, 4) is 17.9 Å². The highest BCUT2D eigenvalue weighted by atomic mass is 35.5. The van der Waals surface area contributed by atoms with Gasteiger partial charge >= 0.3 is 0 Å². The van der Waals surface area contributed by atoms with Gasteiger partial charge in [0.15, 0.2) is 0 Å². The third-order valence-electron chi connectivity index (χ3n) is 4.11. The summed E-state index contributed by atoms with van der Waals surface area (Å²) in [5, 5.41) is 14.7. The van der Waals surface area contributed by atoms with Crippen molar-refractivity contribution in [1.29, 1.82) is 5.26 Å². The van der Waals surface area contributed by atoms with Gasteiger partial charge in [-0.3, -0.25) is 5.32 Å². The summed E-state index contributed by atoms with van der Waals surface area (Å²) in [5.41, 5.74) is 1.88. The largest absolute Gasteiger partial charge is 0.300 e. The van der Waals surface area contributed by atoms with E-state index in [1.54, 1.807) is 6.07 Å². The number of hydrogen-bond donors (Lipinski definition) is 1. The Morgan fingerprint density at radius 1 is 1.08 bits per heavy atom. The Morgan fingerprint density at radius 3 is 2.65 bits per heavy atom. The zero-order chi connectivity index (χ0) is 17.6. The molecule has 0 aliphatic rings. The van der Waals surface area contributed by atoms with Crippen molar-refractivity contribution < 1.29 is 4.39 Å². The van der Waals surface area contributed by atoms with Crippen molar-refractivity contribution in [3.63, 3.8) is 0 Å². The molecular formula is C22H18ClFN2. The summed E-state index contributed by atoms with van der Waals surface area (Å²) in [7, 11) is 0. The highest BCUT2D eigenvalue weighted by Gasteiger charge is 2.07. The van der Waals surface area contributed by atoms with E-state index in [2.05, 4.69) is 54.4 Å². The van der Waals surface area contributed by atoms with Crippen LogP contribution in [-0.2, 0) is 0 Å². The molecule has 2 nitrogen and oxygen atoms in total. The highest BCUT2D eigenvalue weighted by molar-refractivity contribution is 5.86. The Kier molecular flexibility index (Phi) is 6.75. The van der Waals surface area contributed by atoms with Crippen LogP contribution in [0.1, 0.15) is 29.7 Å². The van der Waals surface area contributed by atoms with Crippen LogP contribution in [0.3, 0.4) is 0 Å². The molecule has 0 unspecified atom stereocenters. The molecule has 0 heterocycles. The fourth-order valence-corrected chi connectivity index (χ4v) is 2.78. The van der Waals surface area contributed by atoms with Crippen molar-refractivity contribution in [2.24, 2.45) is 0 Å². The van der Waals surface area contributed by atoms with Gasteiger partial charge < -0.3 is 0 Å². The Morgan fingerprint density at radius 2 is 1.85 bits per heavy atom. The smallest absolute Gasteiger partial charge is 0.141 e. The van der Waals surface area contributed by atoms with Crippen LogP contribution in [0.4, 0.5) is 4.39 Å². The molecule has 0 bridgehead atoms. The minimum absolute atomic E-state index is 0. The summed E-state index contributed by atoms with van der Waals surface area (Å²) in [6.07, 6.45) is 0. The molecule has 0 fully saturated rings. The SMILES string of the molecule is C[C@@H](NCC#Cc1ccc(F)c(C#N)c1)c1cccc2ccccc12.Cl. The number of nitriles is 1. The molecule has 3 aromatic carbocycles. The summed E-state index contributed by atoms with van der Waals surface area (Å²) in [4.78, 5) is 0. The van der Waals surface area contributed by atoms with Crippen LogP contribution in [0.25, 0.3) is 10.8 Å². The number of benzene rings is 3. The summed E-state index contributed by atoms with van der Waals surface area (Å²) in [6, 6.07) is 20.9. The third kappa shape index (κ3) is 4.41. The van der Waals surface area contributed by atoms with E-state index in [1.807, 2.05) is 18.2 Å². The molecule has 0 saturated heterocycles. The molecule has 4 heteroatoms. The normalized spacial score (nSPS) is 11.0. The Labute approximate surface area is 159 Å². The predicted octanol–water partition coefficient (Wildman–Crippen LogP) is 4.97. The molecule has 0 aromatic heterocycles. The average Bonchev–Trinajstić information content (AvgIpc) is 2.65. The first-order chi connectivity index (χ1) is 12.2. The zero-order valence-corrected chi connectivity index (χ0v) is 15.1. The van der Waals surface area contributed by atoms with Gasteiger partial charge in [-0.1, -0.05) is 54.3 Å². The molecule has 0 amide bonds. The minimum Gasteiger partial charge on any atom is -0.300 e. The van der Waals surface area contributed by atoms with Crippen molar-refractivity contribution >= 4 is 23.2 Å². The number of halogens is 2. The molecule has 3 rings (SSSR count). The molecule has 0 spiro atoms. The zero-order valence-electron chi connectivity index (χ0n) is 14.3. The summed E-state index contributed by atoms with van der Waals surface area (Å²) < 4.78 is 13.3. The van der Waals surface area contributed by atoms with E-state index in [0.717, 1.165) is 0 Å². The van der Waals surface area contributed by atoms with E-state index >= 15 is 0 Å². The molecule has 0 radical (unpaired) electrons. The van der Waals surface area contributed by atoms with E-state index in [0.29, 0.717) is 12.1 Å². The van der Waals surface area contributed by atoms with Crippen LogP contribution in [-0.4, -0.2) is 6.54 Å². The second-order valence-electron chi connectivity index (χ2n) is 5.78. The molecule has 0 aliphatic carbocycles. The maximum absolute atomic E-state index is 13.3. The van der Waals surface area contributed by atoms with Gasteiger partial charge in [0, 0.05) is 11.6 Å². The van der Waals surface area contributed by atoms with Crippen LogP contribution < -0.4 is 5.32 Å². The fraction of sp³-hybridized carbons (Fsp3) is 0.136. The van der Waals surface area contributed by atoms with Crippen molar-refractivity contribution in [1.82, 2.24) is 5.32 Å². The number of hydrogen-bond acceptors (Lipinski definition) is 2. The van der Waals surface area contributed by atoms with E-state index in [4.69, 9.17) is 5.26 Å². The van der Waals surface area contributed by atoms with Crippen molar-refractivity contribution in [3.05, 3.63) is 83.2 Å². The maximum Gasteiger partial charge on any atom is 0.141 e. The number of fused-ring (bicyclic) bond motifs is 1. The van der Waals surface area contributed by atoms with Crippen molar-refractivity contribution in [2.75, 3.05) is 6.54 Å². The summed E-state index contributed by atoms with van der Waals surface area (Å²) in [6.45, 7) is 2.61. The van der Waals surface area contributed by atoms with Gasteiger partial charge in [0.2, 0.25) is 0 Å². The first-order valence-electron chi connectivity index (χ1n) is 8.08. The van der Waals surface area contributed by atoms with Crippen LogP contribution in [0.2, 0.25) is 0 Å². The number of nitrogens with zero attached hydrogens (tertiary/aromatic N) is 1. The van der Waals surface area contributed by atoms with Gasteiger partial charge in [0.05, 0.1) is 12.1 Å². The Hall–Kier alpha value is -2.85. The molecule has 26 heavy (non-hydrogen) atoms. The van der Waals surface area contributed by atoms with E-state index in [-0.39, 0.29) is 24.0 Å². The lowest BCUT2D eigenvalue weighted by atomic mass is 10.00. The van der Waals surface area contributed by atoms with Crippen LogP contribution in [0.5, 0.6) is 0 Å². The monoisotopic (exact) mass is 364 g/mol. The lowest BCUT2D eigenvalue weighted by Crippen LogP contribution is -2.19. The second-order valence-corrected chi connectivity index (χ2v) is 5.78. The Bertz CT molecular complexity index is 1010. The molecule has 3 aromatic rings. The predicted molar refractivity (Wildman–Crippen MR) is 106 cm³/mol. The highest BCUT2D eigenvalue weighted by Crippen LogP contribution is 2.23. The lowest BCUT2D eigenvalue weighted by Gasteiger charge is -2.15. The van der Waals surface area contributed by atoms with Crippen LogP contribution >= 0.6 is 12.4 Å². The molecular weight excluding hydrogens is 347 g/mol. The number of nitrogens with one attached hydrogen (secondary N) is 1. The van der Waals surface area contributed by atoms with Gasteiger partial charge in [-0.15, -0.1) is 12.4 Å². The van der Waals surface area contributed by atoms with Gasteiger partial charge in [-0.05, 0) is 41.5 Å². The topological polar surface area (TPSA) is 35.8 Å². The standard InChI is InChI=1S/C22H17FN2.ClH/c1-16(20-10-4-8-18-7-2-3-9-21(18)20)25-13-5-6-17-11-12-22(23)19(14-17)15-24;/h2-4,7-12,14,16,25H,13H2,1H3;1H/t16-;/m1./s1. The third-order valence-corrected chi connectivity index (χ3v) is 4.11. The minimum atomic E-state index is -0.518. The summed E-state index contributed by atoms with van der Waals surface area (Å²) in [5.74, 6) is 5.47. The van der Waals surface area contributed by atoms with Crippen LogP contribution in [0.15, 0.2) is 60.7 Å². The molecule has 0 saturated carbocycles. The second kappa shape index (κ2) is 9.02. The van der Waals surface area contributed by atoms with Crippen molar-refractivity contribution in [2.45, 2.75) is 13.0 Å². The van der Waals surface area contributed by atoms with Gasteiger partial charge in [0.25, 0.3) is 0 Å². The van der Waals surface area contributed by atoms with E-state index in [1.165, 1.54) is 28.5 Å². The van der Waals surface area contributed by atoms with Crippen LogP contribution in [0, 0.1) is 29.0 Å².